The lowest BCUT2D eigenvalue weighted by Crippen LogP contribution is -2.08. The minimum atomic E-state index is -0.255. The van der Waals surface area contributed by atoms with E-state index >= 15 is 0 Å². The maximum Gasteiger partial charge on any atom is 0.124 e. The van der Waals surface area contributed by atoms with Gasteiger partial charge >= 0.3 is 0 Å². The van der Waals surface area contributed by atoms with E-state index in [2.05, 4.69) is 11.8 Å². The minimum Gasteiger partial charge on any atom is -0.377 e. The van der Waals surface area contributed by atoms with Crippen LogP contribution in [0.3, 0.4) is 0 Å². The summed E-state index contributed by atoms with van der Waals surface area (Å²) in [6.07, 6.45) is 2.69. The summed E-state index contributed by atoms with van der Waals surface area (Å²) >= 11 is 1.81. The average molecular weight is 279 g/mol. The van der Waals surface area contributed by atoms with Gasteiger partial charge in [-0.25, -0.2) is 4.39 Å². The van der Waals surface area contributed by atoms with E-state index in [1.54, 1.807) is 6.07 Å². The molecule has 1 aliphatic heterocycles. The molecule has 1 fully saturated rings. The van der Waals surface area contributed by atoms with Crippen molar-refractivity contribution in [1.29, 1.82) is 0 Å². The molecule has 2 rings (SSSR count). The highest BCUT2D eigenvalue weighted by Gasteiger charge is 2.15. The summed E-state index contributed by atoms with van der Waals surface area (Å²) in [6, 6.07) is 4.76. The molecule has 0 aromatic heterocycles. The van der Waals surface area contributed by atoms with Crippen LogP contribution >= 0.6 is 11.8 Å². The number of hydrogen-bond acceptors (Lipinski definition) is 3. The molecule has 1 aromatic carbocycles. The van der Waals surface area contributed by atoms with Crippen molar-refractivity contribution >= 4 is 11.8 Å². The number of ether oxygens (including phenoxy) is 1. The van der Waals surface area contributed by atoms with Gasteiger partial charge in [-0.05, 0) is 30.5 Å². The van der Waals surface area contributed by atoms with E-state index in [-0.39, 0.29) is 5.82 Å². The van der Waals surface area contributed by atoms with Gasteiger partial charge in [0, 0.05) is 23.7 Å². The van der Waals surface area contributed by atoms with E-state index in [1.165, 1.54) is 12.1 Å². The molecule has 19 heavy (non-hydrogen) atoms. The third-order valence-corrected chi connectivity index (χ3v) is 4.10. The van der Waals surface area contributed by atoms with Gasteiger partial charge in [-0.2, -0.15) is 11.8 Å². The number of benzene rings is 1. The molecule has 2 N–H and O–H groups in total. The van der Waals surface area contributed by atoms with E-state index < -0.39 is 0 Å². The molecule has 0 saturated carbocycles. The quantitative estimate of drug-likeness (QED) is 0.860. The minimum absolute atomic E-state index is 0.255. The Labute approximate surface area is 117 Å². The maximum atomic E-state index is 13.2. The summed E-state index contributed by atoms with van der Waals surface area (Å²) in [4.78, 5) is 0. The molecule has 0 spiro atoms. The Morgan fingerprint density at radius 1 is 1.47 bits per heavy atom. The van der Waals surface area contributed by atoms with Crippen LogP contribution in [0.1, 0.15) is 24.0 Å². The van der Waals surface area contributed by atoms with Gasteiger partial charge in [-0.1, -0.05) is 17.9 Å². The first-order valence-electron chi connectivity index (χ1n) is 6.46. The normalized spacial score (nSPS) is 18.1. The third kappa shape index (κ3) is 4.54. The van der Waals surface area contributed by atoms with Crippen LogP contribution in [0.5, 0.6) is 0 Å². The fourth-order valence-electron chi connectivity index (χ4n) is 2.01. The Bertz CT molecular complexity index is 475. The third-order valence-electron chi connectivity index (χ3n) is 2.98. The number of rotatable bonds is 4. The van der Waals surface area contributed by atoms with Gasteiger partial charge < -0.3 is 10.5 Å². The molecule has 1 unspecified atom stereocenters. The van der Waals surface area contributed by atoms with Crippen molar-refractivity contribution in [3.63, 3.8) is 0 Å². The molecule has 2 nitrogen and oxygen atoms in total. The van der Waals surface area contributed by atoms with Gasteiger partial charge in [0.05, 0.1) is 12.6 Å². The first-order valence-corrected chi connectivity index (χ1v) is 7.62. The number of halogens is 1. The molecule has 0 amide bonds. The van der Waals surface area contributed by atoms with Crippen molar-refractivity contribution in [3.8, 4) is 11.8 Å². The molecule has 1 saturated heterocycles. The monoisotopic (exact) mass is 279 g/mol. The van der Waals surface area contributed by atoms with Gasteiger partial charge in [0.2, 0.25) is 0 Å². The maximum absolute atomic E-state index is 13.2. The number of thioether (sulfide) groups is 1. The molecule has 1 aromatic rings. The smallest absolute Gasteiger partial charge is 0.124 e. The largest absolute Gasteiger partial charge is 0.377 e. The first kappa shape index (κ1) is 14.4. The standard InChI is InChI=1S/C15H18FNOS/c16-14-6-5-13(12(9-14)3-1-7-17)10-19-11-15-4-2-8-18-15/h5-6,9,15H,2,4,7-8,10-11,17H2. The molecular formula is C15H18FNOS. The average Bonchev–Trinajstić information content (AvgIpc) is 2.91. The van der Waals surface area contributed by atoms with Gasteiger partial charge in [0.25, 0.3) is 0 Å². The van der Waals surface area contributed by atoms with Crippen molar-refractivity contribution < 1.29 is 9.13 Å². The van der Waals surface area contributed by atoms with E-state index in [4.69, 9.17) is 10.5 Å². The highest BCUT2D eigenvalue weighted by Crippen LogP contribution is 2.22. The van der Waals surface area contributed by atoms with Crippen molar-refractivity contribution in [1.82, 2.24) is 0 Å². The molecule has 0 radical (unpaired) electrons. The SMILES string of the molecule is NCC#Cc1cc(F)ccc1CSCC1CCCO1. The summed E-state index contributed by atoms with van der Waals surface area (Å²) in [5, 5.41) is 0. The van der Waals surface area contributed by atoms with Crippen LogP contribution in [0.2, 0.25) is 0 Å². The zero-order chi connectivity index (χ0) is 13.5. The summed E-state index contributed by atoms with van der Waals surface area (Å²) in [5.41, 5.74) is 7.16. The van der Waals surface area contributed by atoms with Gasteiger partial charge in [0.15, 0.2) is 0 Å². The summed E-state index contributed by atoms with van der Waals surface area (Å²) in [6.45, 7) is 1.17. The second-order valence-corrected chi connectivity index (χ2v) is 5.49. The Kier molecular flexibility index (Phi) is 5.71. The van der Waals surface area contributed by atoms with E-state index in [9.17, 15) is 4.39 Å². The van der Waals surface area contributed by atoms with Crippen LogP contribution in [0.4, 0.5) is 4.39 Å². The van der Waals surface area contributed by atoms with Crippen LogP contribution < -0.4 is 5.73 Å². The van der Waals surface area contributed by atoms with Gasteiger partial charge in [-0.3, -0.25) is 0 Å². The van der Waals surface area contributed by atoms with Crippen LogP contribution in [-0.4, -0.2) is 25.0 Å². The van der Waals surface area contributed by atoms with Gasteiger partial charge in [-0.15, -0.1) is 0 Å². The topological polar surface area (TPSA) is 35.2 Å². The molecule has 1 heterocycles. The lowest BCUT2D eigenvalue weighted by atomic mass is 10.1. The highest BCUT2D eigenvalue weighted by atomic mass is 32.2. The zero-order valence-corrected chi connectivity index (χ0v) is 11.6. The van der Waals surface area contributed by atoms with E-state index in [1.807, 2.05) is 11.8 Å². The lowest BCUT2D eigenvalue weighted by Gasteiger charge is -2.09. The zero-order valence-electron chi connectivity index (χ0n) is 10.8. The fraction of sp³-hybridized carbons (Fsp3) is 0.467. The molecule has 1 atom stereocenters. The predicted octanol–water partition coefficient (Wildman–Crippen LogP) is 2.55. The molecule has 4 heteroatoms. The van der Waals surface area contributed by atoms with Crippen LogP contribution in [-0.2, 0) is 10.5 Å². The summed E-state index contributed by atoms with van der Waals surface area (Å²) in [7, 11) is 0. The van der Waals surface area contributed by atoms with Gasteiger partial charge in [0.1, 0.15) is 5.82 Å². The van der Waals surface area contributed by atoms with Crippen LogP contribution in [0.15, 0.2) is 18.2 Å². The Morgan fingerprint density at radius 3 is 3.11 bits per heavy atom. The van der Waals surface area contributed by atoms with Crippen molar-refractivity contribution in [2.75, 3.05) is 18.9 Å². The fourth-order valence-corrected chi connectivity index (χ4v) is 3.13. The van der Waals surface area contributed by atoms with Crippen molar-refractivity contribution in [3.05, 3.63) is 35.1 Å². The second-order valence-electron chi connectivity index (χ2n) is 4.46. The van der Waals surface area contributed by atoms with E-state index in [0.29, 0.717) is 12.6 Å². The van der Waals surface area contributed by atoms with Crippen LogP contribution in [0, 0.1) is 17.7 Å². The van der Waals surface area contributed by atoms with E-state index in [0.717, 1.165) is 42.1 Å². The highest BCUT2D eigenvalue weighted by molar-refractivity contribution is 7.98. The summed E-state index contributed by atoms with van der Waals surface area (Å²) in [5.74, 6) is 7.27. The Morgan fingerprint density at radius 2 is 2.37 bits per heavy atom. The lowest BCUT2D eigenvalue weighted by molar-refractivity contribution is 0.129. The van der Waals surface area contributed by atoms with Crippen molar-refractivity contribution in [2.45, 2.75) is 24.7 Å². The predicted molar refractivity (Wildman–Crippen MR) is 77.5 cm³/mol. The molecule has 0 bridgehead atoms. The van der Waals surface area contributed by atoms with Crippen LogP contribution in [0.25, 0.3) is 0 Å². The van der Waals surface area contributed by atoms with Crippen molar-refractivity contribution in [2.24, 2.45) is 5.73 Å². The molecular weight excluding hydrogens is 261 g/mol. The molecule has 0 aliphatic carbocycles. The first-order chi connectivity index (χ1) is 9.29. The molecule has 1 aliphatic rings. The summed E-state index contributed by atoms with van der Waals surface area (Å²) < 4.78 is 18.8. The second kappa shape index (κ2) is 7.54. The number of hydrogen-bond donors (Lipinski definition) is 1. The number of nitrogens with two attached hydrogens (primary N) is 1. The Balaban J connectivity index is 1.94. The Hall–Kier alpha value is -1.02. The molecule has 102 valence electrons.